The van der Waals surface area contributed by atoms with Crippen LogP contribution in [-0.2, 0) is 32.1 Å². The van der Waals surface area contributed by atoms with E-state index in [1.807, 2.05) is 6.92 Å². The fourth-order valence-corrected chi connectivity index (χ4v) is 3.49. The number of amides is 2. The molecule has 0 fully saturated rings. The van der Waals surface area contributed by atoms with Crippen molar-refractivity contribution in [1.29, 1.82) is 0 Å². The minimum Gasteiger partial charge on any atom is -0.396 e. The molecule has 1 atom stereocenters. The Morgan fingerprint density at radius 1 is 1.40 bits per heavy atom. The van der Waals surface area contributed by atoms with Gasteiger partial charge in [-0.2, -0.15) is 13.2 Å². The molecule has 0 aliphatic carbocycles. The smallest absolute Gasteiger partial charge is 0.396 e. The topological polar surface area (TPSA) is 78.4 Å². The van der Waals surface area contributed by atoms with Gasteiger partial charge in [0, 0.05) is 32.3 Å². The van der Waals surface area contributed by atoms with Gasteiger partial charge in [0.25, 0.3) is 0 Å². The van der Waals surface area contributed by atoms with Crippen LogP contribution in [-0.4, -0.2) is 39.2 Å². The van der Waals surface area contributed by atoms with Crippen molar-refractivity contribution >= 4 is 17.6 Å². The second kappa shape index (κ2) is 9.18. The van der Waals surface area contributed by atoms with E-state index in [0.29, 0.717) is 37.3 Å². The molecule has 1 aromatic carbocycles. The predicted octanol–water partition coefficient (Wildman–Crippen LogP) is 3.59. The number of carbonyl (C=O) groups is 1. The van der Waals surface area contributed by atoms with Gasteiger partial charge >= 0.3 is 12.2 Å². The Balaban J connectivity index is 1.61. The van der Waals surface area contributed by atoms with Crippen molar-refractivity contribution in [2.24, 2.45) is 5.92 Å². The zero-order chi connectivity index (χ0) is 21.9. The fraction of sp³-hybridized carbons (Fsp3) is 0.450. The maximum atomic E-state index is 12.8. The van der Waals surface area contributed by atoms with Gasteiger partial charge in [0.15, 0.2) is 0 Å². The molecule has 0 saturated carbocycles. The number of hydrogen-bond acceptors (Lipinski definition) is 4. The first kappa shape index (κ1) is 22.3. The van der Waals surface area contributed by atoms with Crippen molar-refractivity contribution in [3.8, 4) is 0 Å². The Kier molecular flexibility index (Phi) is 6.82. The third kappa shape index (κ3) is 5.40. The quantitative estimate of drug-likeness (QED) is 0.741. The summed E-state index contributed by atoms with van der Waals surface area (Å²) >= 11 is 5.72. The van der Waals surface area contributed by atoms with Crippen molar-refractivity contribution in [3.63, 3.8) is 0 Å². The molecule has 10 heteroatoms. The number of urea groups is 1. The number of carbonyl (C=O) groups excluding carboxylic acids is 1. The first-order valence-electron chi connectivity index (χ1n) is 9.50. The molecule has 1 aliphatic heterocycles. The van der Waals surface area contributed by atoms with Crippen molar-refractivity contribution in [2.45, 2.75) is 39.0 Å². The second-order valence-corrected chi connectivity index (χ2v) is 7.80. The number of nitrogens with zero attached hydrogens (tertiary/aromatic N) is 3. The molecule has 0 radical (unpaired) electrons. The summed E-state index contributed by atoms with van der Waals surface area (Å²) in [6, 6.07) is 3.08. The standard InChI is InChI=1S/C20H22ClF3N4O2/c1-12(11-29)6-18-25-9-14-4-5-28(10-17(14)27-18)19(30)26-8-13-2-3-15(16(21)7-13)20(22,23)24/h2-3,7,9,12,29H,4-6,8,10-11H2,1H3,(H,26,30)/t12-/m1/s1. The normalized spacial score (nSPS) is 14.9. The highest BCUT2D eigenvalue weighted by molar-refractivity contribution is 6.31. The zero-order valence-corrected chi connectivity index (χ0v) is 17.1. The van der Waals surface area contributed by atoms with E-state index < -0.39 is 16.8 Å². The Labute approximate surface area is 177 Å². The molecular formula is C20H22ClF3N4O2. The van der Waals surface area contributed by atoms with Gasteiger partial charge in [-0.25, -0.2) is 14.8 Å². The maximum absolute atomic E-state index is 12.8. The third-order valence-electron chi connectivity index (χ3n) is 4.91. The monoisotopic (exact) mass is 442 g/mol. The molecule has 1 aliphatic rings. The van der Waals surface area contributed by atoms with E-state index >= 15 is 0 Å². The van der Waals surface area contributed by atoms with Crippen LogP contribution in [0.1, 0.15) is 35.1 Å². The van der Waals surface area contributed by atoms with E-state index in [-0.39, 0.29) is 25.1 Å². The number of fused-ring (bicyclic) bond motifs is 1. The molecule has 3 rings (SSSR count). The Morgan fingerprint density at radius 2 is 2.17 bits per heavy atom. The highest BCUT2D eigenvalue weighted by Crippen LogP contribution is 2.34. The van der Waals surface area contributed by atoms with Gasteiger partial charge in [-0.05, 0) is 35.6 Å². The van der Waals surface area contributed by atoms with Crippen LogP contribution >= 0.6 is 11.6 Å². The van der Waals surface area contributed by atoms with Gasteiger partial charge in [-0.15, -0.1) is 0 Å². The lowest BCUT2D eigenvalue weighted by Gasteiger charge is -2.28. The summed E-state index contributed by atoms with van der Waals surface area (Å²) < 4.78 is 38.4. The highest BCUT2D eigenvalue weighted by Gasteiger charge is 2.33. The number of rotatable bonds is 5. The summed E-state index contributed by atoms with van der Waals surface area (Å²) in [5, 5.41) is 11.5. The summed E-state index contributed by atoms with van der Waals surface area (Å²) in [6.07, 6.45) is -1.59. The van der Waals surface area contributed by atoms with Crippen LogP contribution in [0.15, 0.2) is 24.4 Å². The van der Waals surface area contributed by atoms with Crippen LogP contribution in [0.3, 0.4) is 0 Å². The summed E-state index contributed by atoms with van der Waals surface area (Å²) in [6.45, 7) is 2.81. The van der Waals surface area contributed by atoms with Gasteiger partial charge in [-0.3, -0.25) is 0 Å². The molecule has 0 unspecified atom stereocenters. The van der Waals surface area contributed by atoms with Crippen LogP contribution in [0.4, 0.5) is 18.0 Å². The first-order chi connectivity index (χ1) is 14.2. The van der Waals surface area contributed by atoms with Gasteiger partial charge in [0.05, 0.1) is 22.8 Å². The summed E-state index contributed by atoms with van der Waals surface area (Å²) in [7, 11) is 0. The maximum Gasteiger partial charge on any atom is 0.417 e. The molecule has 162 valence electrons. The first-order valence-corrected chi connectivity index (χ1v) is 9.88. The van der Waals surface area contributed by atoms with E-state index in [1.54, 1.807) is 11.1 Å². The molecule has 0 saturated heterocycles. The Hall–Kier alpha value is -2.39. The lowest BCUT2D eigenvalue weighted by molar-refractivity contribution is -0.137. The van der Waals surface area contributed by atoms with Crippen LogP contribution in [0.25, 0.3) is 0 Å². The van der Waals surface area contributed by atoms with Gasteiger partial charge < -0.3 is 15.3 Å². The van der Waals surface area contributed by atoms with Gasteiger partial charge in [0.2, 0.25) is 0 Å². The van der Waals surface area contributed by atoms with Crippen LogP contribution in [0.2, 0.25) is 5.02 Å². The lowest BCUT2D eigenvalue weighted by atomic mass is 10.1. The predicted molar refractivity (Wildman–Crippen MR) is 105 cm³/mol. The molecule has 0 bridgehead atoms. The molecule has 1 aromatic heterocycles. The molecule has 30 heavy (non-hydrogen) atoms. The fourth-order valence-electron chi connectivity index (χ4n) is 3.18. The minimum absolute atomic E-state index is 0.0431. The van der Waals surface area contributed by atoms with Crippen molar-refractivity contribution < 1.29 is 23.1 Å². The Morgan fingerprint density at radius 3 is 2.83 bits per heavy atom. The minimum atomic E-state index is -4.52. The zero-order valence-electron chi connectivity index (χ0n) is 16.3. The van der Waals surface area contributed by atoms with Crippen LogP contribution in [0, 0.1) is 5.92 Å². The number of aliphatic hydroxyl groups excluding tert-OH is 1. The number of hydrogen-bond donors (Lipinski definition) is 2. The van der Waals surface area contributed by atoms with E-state index in [0.717, 1.165) is 17.3 Å². The van der Waals surface area contributed by atoms with Crippen molar-refractivity contribution in [2.75, 3.05) is 13.2 Å². The number of benzene rings is 1. The number of halogens is 4. The van der Waals surface area contributed by atoms with Crippen LogP contribution in [0.5, 0.6) is 0 Å². The lowest BCUT2D eigenvalue weighted by Crippen LogP contribution is -2.43. The molecule has 2 N–H and O–H groups in total. The van der Waals surface area contributed by atoms with E-state index in [2.05, 4.69) is 15.3 Å². The summed E-state index contributed by atoms with van der Waals surface area (Å²) in [4.78, 5) is 23.0. The summed E-state index contributed by atoms with van der Waals surface area (Å²) in [5.74, 6) is 0.665. The number of alkyl halides is 3. The average molecular weight is 443 g/mol. The summed E-state index contributed by atoms with van der Waals surface area (Å²) in [5.41, 5.74) is 1.32. The SMILES string of the molecule is C[C@@H](CO)Cc1ncc2c(n1)CN(C(=O)NCc1ccc(C(F)(F)F)c(Cl)c1)CC2. The molecule has 2 heterocycles. The largest absolute Gasteiger partial charge is 0.417 e. The second-order valence-electron chi connectivity index (χ2n) is 7.39. The molecule has 2 aromatic rings. The van der Waals surface area contributed by atoms with Gasteiger partial charge in [0.1, 0.15) is 5.82 Å². The Bertz CT molecular complexity index is 923. The average Bonchev–Trinajstić information content (AvgIpc) is 2.70. The van der Waals surface area contributed by atoms with E-state index in [1.165, 1.54) is 12.1 Å². The molecule has 2 amide bonds. The van der Waals surface area contributed by atoms with Gasteiger partial charge in [-0.1, -0.05) is 24.6 Å². The van der Waals surface area contributed by atoms with E-state index in [9.17, 15) is 23.1 Å². The van der Waals surface area contributed by atoms with Crippen molar-refractivity contribution in [1.82, 2.24) is 20.2 Å². The number of aromatic nitrogens is 2. The molecular weight excluding hydrogens is 421 g/mol. The third-order valence-corrected chi connectivity index (χ3v) is 5.22. The highest BCUT2D eigenvalue weighted by atomic mass is 35.5. The van der Waals surface area contributed by atoms with Crippen molar-refractivity contribution in [3.05, 3.63) is 57.6 Å². The van der Waals surface area contributed by atoms with E-state index in [4.69, 9.17) is 11.6 Å². The molecule has 0 spiro atoms. The number of nitrogens with one attached hydrogen (secondary N) is 1. The number of aliphatic hydroxyl groups is 1. The molecule has 6 nitrogen and oxygen atoms in total. The van der Waals surface area contributed by atoms with Crippen LogP contribution < -0.4 is 5.32 Å².